The number of hydrogen-bond donors (Lipinski definition) is 4. The van der Waals surface area contributed by atoms with E-state index in [1.54, 1.807) is 0 Å². The number of aliphatic hydroxyl groups excluding tert-OH is 4. The summed E-state index contributed by atoms with van der Waals surface area (Å²) in [6.45, 7) is 8.13. The van der Waals surface area contributed by atoms with Crippen molar-refractivity contribution in [1.82, 2.24) is 0 Å². The molecule has 2 aliphatic rings. The summed E-state index contributed by atoms with van der Waals surface area (Å²) in [5.41, 5.74) is -0.632. The fraction of sp³-hybridized carbons (Fsp3) is 1.00. The van der Waals surface area contributed by atoms with Gasteiger partial charge in [-0.2, -0.15) is 0 Å². The lowest BCUT2D eigenvalue weighted by atomic mass is 9.51. The van der Waals surface area contributed by atoms with Crippen molar-refractivity contribution in [2.24, 2.45) is 22.7 Å². The molecule has 0 amide bonds. The van der Waals surface area contributed by atoms with Crippen molar-refractivity contribution in [3.05, 3.63) is 0 Å². The van der Waals surface area contributed by atoms with E-state index in [1.807, 2.05) is 27.7 Å². The third-order valence-electron chi connectivity index (χ3n) is 5.23. The van der Waals surface area contributed by atoms with Crippen LogP contribution in [0.4, 0.5) is 0 Å². The van der Waals surface area contributed by atoms with Crippen LogP contribution in [0.25, 0.3) is 0 Å². The van der Waals surface area contributed by atoms with Crippen molar-refractivity contribution in [3.8, 4) is 0 Å². The molecule has 2 atom stereocenters. The normalized spacial score (nSPS) is 38.4. The standard InChI is InChI=1S/2C8H16O2/c1-7(2)5(9)8(3,4)6(7)10;9-5-7-2-1-3-8(4-7)6-10/h5-6,9-10H,1-4H3;7-10H,1-6H2. The summed E-state index contributed by atoms with van der Waals surface area (Å²) in [6, 6.07) is 0. The van der Waals surface area contributed by atoms with E-state index >= 15 is 0 Å². The third kappa shape index (κ3) is 3.53. The fourth-order valence-corrected chi connectivity index (χ4v) is 3.85. The maximum Gasteiger partial charge on any atom is 0.0691 e. The van der Waals surface area contributed by atoms with Crippen LogP contribution in [0.2, 0.25) is 0 Å². The zero-order valence-electron chi connectivity index (χ0n) is 13.3. The maximum absolute atomic E-state index is 9.51. The van der Waals surface area contributed by atoms with Gasteiger partial charge in [0.25, 0.3) is 0 Å². The molecule has 2 fully saturated rings. The monoisotopic (exact) mass is 288 g/mol. The molecule has 0 bridgehead atoms. The molecule has 20 heavy (non-hydrogen) atoms. The lowest BCUT2D eigenvalue weighted by Crippen LogP contribution is -2.67. The van der Waals surface area contributed by atoms with Crippen molar-refractivity contribution in [1.29, 1.82) is 0 Å². The van der Waals surface area contributed by atoms with Crippen LogP contribution >= 0.6 is 0 Å². The Kier molecular flexibility index (Phi) is 6.02. The van der Waals surface area contributed by atoms with Gasteiger partial charge in [0.15, 0.2) is 0 Å². The van der Waals surface area contributed by atoms with Gasteiger partial charge in [-0.05, 0) is 31.1 Å². The van der Waals surface area contributed by atoms with E-state index in [4.69, 9.17) is 10.2 Å². The fourth-order valence-electron chi connectivity index (χ4n) is 3.85. The first-order chi connectivity index (χ1) is 9.17. The topological polar surface area (TPSA) is 80.9 Å². The van der Waals surface area contributed by atoms with Gasteiger partial charge < -0.3 is 20.4 Å². The van der Waals surface area contributed by atoms with Gasteiger partial charge in [-0.15, -0.1) is 0 Å². The Morgan fingerprint density at radius 3 is 1.40 bits per heavy atom. The van der Waals surface area contributed by atoms with Crippen LogP contribution < -0.4 is 0 Å². The molecule has 4 heteroatoms. The summed E-state index contributed by atoms with van der Waals surface area (Å²) in [5, 5.41) is 36.7. The van der Waals surface area contributed by atoms with Gasteiger partial charge in [-0.3, -0.25) is 0 Å². The minimum Gasteiger partial charge on any atom is -0.396 e. The zero-order valence-corrected chi connectivity index (χ0v) is 13.3. The van der Waals surface area contributed by atoms with E-state index in [-0.39, 0.29) is 23.0 Å². The van der Waals surface area contributed by atoms with Gasteiger partial charge in [0.1, 0.15) is 0 Å². The highest BCUT2D eigenvalue weighted by Crippen LogP contribution is 2.53. The lowest BCUT2D eigenvalue weighted by Gasteiger charge is -2.59. The quantitative estimate of drug-likeness (QED) is 0.621. The number of aliphatic hydroxyl groups is 4. The van der Waals surface area contributed by atoms with Crippen molar-refractivity contribution >= 4 is 0 Å². The first-order valence-corrected chi connectivity index (χ1v) is 7.75. The Morgan fingerprint density at radius 1 is 0.800 bits per heavy atom. The van der Waals surface area contributed by atoms with Crippen molar-refractivity contribution in [3.63, 3.8) is 0 Å². The van der Waals surface area contributed by atoms with Gasteiger partial charge >= 0.3 is 0 Å². The first kappa shape index (κ1) is 17.9. The second kappa shape index (κ2) is 6.73. The Bertz CT molecular complexity index is 261. The summed E-state index contributed by atoms with van der Waals surface area (Å²) in [6.07, 6.45) is 3.73. The average molecular weight is 288 g/mol. The molecule has 0 aromatic rings. The minimum absolute atomic E-state index is 0.302. The van der Waals surface area contributed by atoms with Crippen LogP contribution in [0.15, 0.2) is 0 Å². The highest BCUT2D eigenvalue weighted by molar-refractivity contribution is 5.09. The Balaban J connectivity index is 0.000000200. The van der Waals surface area contributed by atoms with Crippen molar-refractivity contribution in [2.45, 2.75) is 65.6 Å². The second-order valence-corrected chi connectivity index (χ2v) is 7.71. The van der Waals surface area contributed by atoms with E-state index in [1.165, 1.54) is 6.42 Å². The van der Waals surface area contributed by atoms with E-state index in [0.29, 0.717) is 25.0 Å². The molecule has 0 spiro atoms. The van der Waals surface area contributed by atoms with Crippen molar-refractivity contribution in [2.75, 3.05) is 13.2 Å². The molecular weight excluding hydrogens is 256 g/mol. The predicted octanol–water partition coefficient (Wildman–Crippen LogP) is 1.55. The summed E-state index contributed by atoms with van der Waals surface area (Å²) < 4.78 is 0. The molecule has 2 unspecified atom stereocenters. The summed E-state index contributed by atoms with van der Waals surface area (Å²) in [5.74, 6) is 0.928. The van der Waals surface area contributed by atoms with E-state index in [2.05, 4.69) is 0 Å². The molecule has 0 saturated heterocycles. The summed E-state index contributed by atoms with van der Waals surface area (Å²) in [7, 11) is 0. The van der Waals surface area contributed by atoms with E-state index < -0.39 is 0 Å². The van der Waals surface area contributed by atoms with Gasteiger partial charge in [0.05, 0.1) is 12.2 Å². The maximum atomic E-state index is 9.51. The van der Waals surface area contributed by atoms with Crippen LogP contribution in [0.5, 0.6) is 0 Å². The SMILES string of the molecule is CC1(C)C(O)C(C)(C)C1O.OCC1CCCC(CO)C1. The van der Waals surface area contributed by atoms with Gasteiger partial charge in [-0.25, -0.2) is 0 Å². The molecular formula is C16H32O4. The predicted molar refractivity (Wildman–Crippen MR) is 79.2 cm³/mol. The third-order valence-corrected chi connectivity index (χ3v) is 5.23. The molecule has 0 aromatic heterocycles. The van der Waals surface area contributed by atoms with Gasteiger partial charge in [0, 0.05) is 24.0 Å². The van der Waals surface area contributed by atoms with E-state index in [0.717, 1.165) is 19.3 Å². The van der Waals surface area contributed by atoms with Crippen LogP contribution in [-0.2, 0) is 0 Å². The molecule has 2 aliphatic carbocycles. The number of hydrogen-bond acceptors (Lipinski definition) is 4. The van der Waals surface area contributed by atoms with E-state index in [9.17, 15) is 10.2 Å². The molecule has 0 aliphatic heterocycles. The largest absolute Gasteiger partial charge is 0.396 e. The van der Waals surface area contributed by atoms with Crippen LogP contribution in [-0.4, -0.2) is 45.8 Å². The molecule has 2 rings (SSSR count). The average Bonchev–Trinajstić information content (AvgIpc) is 2.46. The first-order valence-electron chi connectivity index (χ1n) is 7.75. The Hall–Kier alpha value is -0.160. The van der Waals surface area contributed by atoms with Crippen molar-refractivity contribution < 1.29 is 20.4 Å². The van der Waals surface area contributed by atoms with Gasteiger partial charge in [-0.1, -0.05) is 34.1 Å². The Morgan fingerprint density at radius 2 is 1.15 bits per heavy atom. The highest BCUT2D eigenvalue weighted by Gasteiger charge is 2.60. The second-order valence-electron chi connectivity index (χ2n) is 7.71. The molecule has 4 nitrogen and oxygen atoms in total. The lowest BCUT2D eigenvalue weighted by molar-refractivity contribution is -0.247. The zero-order chi connectivity index (χ0) is 15.6. The van der Waals surface area contributed by atoms with Crippen LogP contribution in [0.1, 0.15) is 53.4 Å². The molecule has 4 N–H and O–H groups in total. The molecule has 0 radical (unpaired) electrons. The summed E-state index contributed by atoms with van der Waals surface area (Å²) in [4.78, 5) is 0. The number of rotatable bonds is 2. The highest BCUT2D eigenvalue weighted by atomic mass is 16.3. The smallest absolute Gasteiger partial charge is 0.0691 e. The van der Waals surface area contributed by atoms with Crippen LogP contribution in [0, 0.1) is 22.7 Å². The minimum atomic E-state index is -0.380. The molecule has 2 saturated carbocycles. The summed E-state index contributed by atoms with van der Waals surface area (Å²) >= 11 is 0. The Labute approximate surface area is 122 Å². The molecule has 0 aromatic carbocycles. The molecule has 120 valence electrons. The molecule has 0 heterocycles. The van der Waals surface area contributed by atoms with Crippen LogP contribution in [0.3, 0.4) is 0 Å². The van der Waals surface area contributed by atoms with Gasteiger partial charge in [0.2, 0.25) is 0 Å².